The van der Waals surface area contributed by atoms with E-state index >= 15 is 0 Å². The predicted molar refractivity (Wildman–Crippen MR) is 57.7 cm³/mol. The molecule has 1 fully saturated rings. The Kier molecular flexibility index (Phi) is 3.29. The first-order valence-electron chi connectivity index (χ1n) is 5.35. The van der Waals surface area contributed by atoms with Gasteiger partial charge in [0, 0.05) is 6.42 Å². The number of aliphatic hydroxyl groups is 2. The van der Waals surface area contributed by atoms with Crippen LogP contribution < -0.4 is 11.5 Å². The van der Waals surface area contributed by atoms with Crippen molar-refractivity contribution in [3.63, 3.8) is 0 Å². The van der Waals surface area contributed by atoms with E-state index in [-0.39, 0.29) is 31.4 Å². The number of nitrogens with zero attached hydrogens (tertiary/aromatic N) is 2. The van der Waals surface area contributed by atoms with Crippen molar-refractivity contribution in [2.45, 2.75) is 30.9 Å². The molecule has 1 saturated heterocycles. The molecule has 4 atom stereocenters. The Hall–Kier alpha value is -1.22. The molecule has 2 aliphatic rings. The van der Waals surface area contributed by atoms with Crippen molar-refractivity contribution in [1.82, 2.24) is 4.90 Å². The van der Waals surface area contributed by atoms with Gasteiger partial charge < -0.3 is 26.4 Å². The van der Waals surface area contributed by atoms with Gasteiger partial charge in [-0.3, -0.25) is 9.69 Å². The van der Waals surface area contributed by atoms with E-state index in [9.17, 15) is 9.90 Å². The molecule has 1 amide bonds. The first-order chi connectivity index (χ1) is 8.04. The molecule has 8 nitrogen and oxygen atoms in total. The lowest BCUT2D eigenvalue weighted by atomic mass is 10.1. The fraction of sp³-hybridized carbons (Fsp3) is 0.778. The third-order valence-corrected chi connectivity index (χ3v) is 3.01. The van der Waals surface area contributed by atoms with E-state index in [0.29, 0.717) is 0 Å². The number of hydrogen-bond acceptors (Lipinski definition) is 7. The molecule has 6 N–H and O–H groups in total. The highest BCUT2D eigenvalue weighted by atomic mass is 16.5. The van der Waals surface area contributed by atoms with Crippen LogP contribution in [0.3, 0.4) is 0 Å². The molecule has 17 heavy (non-hydrogen) atoms. The Bertz CT molecular complexity index is 348. The molecule has 0 aromatic rings. The number of aliphatic hydroxyl groups excluding tert-OH is 2. The molecule has 0 spiro atoms. The lowest BCUT2D eigenvalue weighted by molar-refractivity contribution is -0.147. The number of carbonyl (C=O) groups is 1. The minimum atomic E-state index is -0.960. The van der Waals surface area contributed by atoms with Crippen LogP contribution in [0, 0.1) is 0 Å². The second-order valence-electron chi connectivity index (χ2n) is 4.12. The Labute approximate surface area is 97.8 Å². The highest BCUT2D eigenvalue weighted by Gasteiger charge is 2.41. The standard InChI is InChI=1S/C9H16N4O4/c10-7-8(11)12-3-13(9(7)16)6-1-4(15)5(2-14)17-6/h4-7,14-15H,1-3,10H2,(H2,11,12)/t4?,5-,6?,7?/m1/s1. The minimum Gasteiger partial charge on any atom is -0.394 e. The van der Waals surface area contributed by atoms with Crippen molar-refractivity contribution in [3.8, 4) is 0 Å². The molecule has 2 rings (SSSR count). The first-order valence-corrected chi connectivity index (χ1v) is 5.35. The number of amides is 1. The van der Waals surface area contributed by atoms with E-state index in [1.54, 1.807) is 0 Å². The minimum absolute atomic E-state index is 0.0634. The molecule has 0 radical (unpaired) electrons. The first kappa shape index (κ1) is 12.2. The number of carbonyl (C=O) groups excluding carboxylic acids is 1. The van der Waals surface area contributed by atoms with E-state index in [1.807, 2.05) is 0 Å². The zero-order chi connectivity index (χ0) is 12.6. The lowest BCUT2D eigenvalue weighted by Crippen LogP contribution is -2.57. The number of rotatable bonds is 2. The molecule has 0 aromatic heterocycles. The summed E-state index contributed by atoms with van der Waals surface area (Å²) in [6.07, 6.45) is -1.85. The van der Waals surface area contributed by atoms with Gasteiger partial charge in [0.15, 0.2) is 0 Å². The van der Waals surface area contributed by atoms with Crippen LogP contribution >= 0.6 is 0 Å². The number of nitrogens with two attached hydrogens (primary N) is 2. The second-order valence-corrected chi connectivity index (χ2v) is 4.12. The maximum absolute atomic E-state index is 11.8. The van der Waals surface area contributed by atoms with Gasteiger partial charge in [-0.15, -0.1) is 0 Å². The van der Waals surface area contributed by atoms with Crippen molar-refractivity contribution in [3.05, 3.63) is 0 Å². The molecular weight excluding hydrogens is 228 g/mol. The van der Waals surface area contributed by atoms with Crippen molar-refractivity contribution < 1.29 is 19.7 Å². The zero-order valence-corrected chi connectivity index (χ0v) is 9.19. The van der Waals surface area contributed by atoms with E-state index in [0.717, 1.165) is 0 Å². The predicted octanol–water partition coefficient (Wildman–Crippen LogP) is -3.06. The van der Waals surface area contributed by atoms with Crippen LogP contribution in [0.1, 0.15) is 6.42 Å². The summed E-state index contributed by atoms with van der Waals surface area (Å²) in [4.78, 5) is 17.1. The van der Waals surface area contributed by atoms with E-state index in [1.165, 1.54) is 4.90 Å². The molecule has 0 saturated carbocycles. The van der Waals surface area contributed by atoms with Crippen molar-refractivity contribution in [2.75, 3.05) is 13.3 Å². The third kappa shape index (κ3) is 2.12. The normalized spacial score (nSPS) is 38.4. The number of aliphatic imine (C=N–C) groups is 1. The zero-order valence-electron chi connectivity index (χ0n) is 9.19. The van der Waals surface area contributed by atoms with Crippen LogP contribution in [0.15, 0.2) is 4.99 Å². The molecule has 0 aromatic carbocycles. The van der Waals surface area contributed by atoms with Crippen LogP contribution in [0.25, 0.3) is 0 Å². The van der Waals surface area contributed by atoms with Crippen LogP contribution in [0.4, 0.5) is 0 Å². The molecular formula is C9H16N4O4. The smallest absolute Gasteiger partial charge is 0.250 e. The summed E-state index contributed by atoms with van der Waals surface area (Å²) < 4.78 is 5.36. The van der Waals surface area contributed by atoms with E-state index < -0.39 is 24.5 Å². The molecule has 2 heterocycles. The molecule has 2 aliphatic heterocycles. The maximum Gasteiger partial charge on any atom is 0.250 e. The van der Waals surface area contributed by atoms with Gasteiger partial charge in [0.05, 0.1) is 12.7 Å². The lowest BCUT2D eigenvalue weighted by Gasteiger charge is -2.32. The van der Waals surface area contributed by atoms with E-state index in [2.05, 4.69) is 4.99 Å². The highest BCUT2D eigenvalue weighted by molar-refractivity contribution is 6.07. The van der Waals surface area contributed by atoms with Gasteiger partial charge >= 0.3 is 0 Å². The van der Waals surface area contributed by atoms with Gasteiger partial charge in [-0.2, -0.15) is 0 Å². The summed E-state index contributed by atoms with van der Waals surface area (Å²) in [5.74, 6) is -0.281. The van der Waals surface area contributed by atoms with Crippen LogP contribution in [-0.4, -0.2) is 64.6 Å². The van der Waals surface area contributed by atoms with Crippen molar-refractivity contribution in [2.24, 2.45) is 16.5 Å². The van der Waals surface area contributed by atoms with Gasteiger partial charge in [-0.05, 0) is 0 Å². The number of ether oxygens (including phenoxy) is 1. The Morgan fingerprint density at radius 1 is 1.59 bits per heavy atom. The Balaban J connectivity index is 2.07. The fourth-order valence-electron chi connectivity index (χ4n) is 1.94. The van der Waals surface area contributed by atoms with Gasteiger partial charge in [-0.25, -0.2) is 4.99 Å². The molecule has 3 unspecified atom stereocenters. The summed E-state index contributed by atoms with van der Waals surface area (Å²) in [5.41, 5.74) is 11.0. The highest BCUT2D eigenvalue weighted by Crippen LogP contribution is 2.24. The summed E-state index contributed by atoms with van der Waals surface area (Å²) in [6, 6.07) is -0.960. The average molecular weight is 244 g/mol. The molecule has 8 heteroatoms. The molecule has 0 aliphatic carbocycles. The number of amidine groups is 1. The Morgan fingerprint density at radius 3 is 2.88 bits per heavy atom. The monoisotopic (exact) mass is 244 g/mol. The van der Waals surface area contributed by atoms with Crippen LogP contribution in [0.2, 0.25) is 0 Å². The van der Waals surface area contributed by atoms with Gasteiger partial charge in [-0.1, -0.05) is 0 Å². The maximum atomic E-state index is 11.8. The van der Waals surface area contributed by atoms with Crippen LogP contribution in [-0.2, 0) is 9.53 Å². The van der Waals surface area contributed by atoms with Crippen molar-refractivity contribution in [1.29, 1.82) is 0 Å². The summed E-state index contributed by atoms with van der Waals surface area (Å²) in [5, 5.41) is 18.5. The van der Waals surface area contributed by atoms with Crippen molar-refractivity contribution >= 4 is 11.7 Å². The van der Waals surface area contributed by atoms with Gasteiger partial charge in [0.2, 0.25) is 0 Å². The summed E-state index contributed by atoms with van der Waals surface area (Å²) >= 11 is 0. The molecule has 96 valence electrons. The summed E-state index contributed by atoms with van der Waals surface area (Å²) in [7, 11) is 0. The van der Waals surface area contributed by atoms with E-state index in [4.69, 9.17) is 21.3 Å². The number of hydrogen-bond donors (Lipinski definition) is 4. The van der Waals surface area contributed by atoms with Gasteiger partial charge in [0.1, 0.15) is 30.9 Å². The fourth-order valence-corrected chi connectivity index (χ4v) is 1.94. The Morgan fingerprint density at radius 2 is 2.29 bits per heavy atom. The average Bonchev–Trinajstić information content (AvgIpc) is 2.67. The SMILES string of the molecule is NC1=NCN(C2CC(O)[C@@H](CO)O2)C(=O)C1N. The van der Waals surface area contributed by atoms with Gasteiger partial charge in [0.25, 0.3) is 5.91 Å². The summed E-state index contributed by atoms with van der Waals surface area (Å²) in [6.45, 7) is -0.231. The quantitative estimate of drug-likeness (QED) is 0.407. The largest absolute Gasteiger partial charge is 0.394 e. The topological polar surface area (TPSA) is 134 Å². The van der Waals surface area contributed by atoms with Crippen LogP contribution in [0.5, 0.6) is 0 Å². The second kappa shape index (κ2) is 4.57. The molecule has 0 bridgehead atoms. The third-order valence-electron chi connectivity index (χ3n) is 3.01.